The molecule has 0 aliphatic carbocycles. The highest BCUT2D eigenvalue weighted by Gasteiger charge is 2.11. The van der Waals surface area contributed by atoms with Crippen molar-refractivity contribution in [3.8, 4) is 0 Å². The molecular weight excluding hydrogens is 266 g/mol. The molecule has 1 rings (SSSR count). The lowest BCUT2D eigenvalue weighted by Gasteiger charge is -2.07. The number of unbranched alkanes of at least 4 members (excludes halogenated alkanes) is 3. The second-order valence-corrected chi connectivity index (χ2v) is 5.51. The summed E-state index contributed by atoms with van der Waals surface area (Å²) in [6, 6.07) is 4.42. The van der Waals surface area contributed by atoms with Crippen LogP contribution in [0, 0.1) is 0 Å². The van der Waals surface area contributed by atoms with E-state index in [4.69, 9.17) is 15.3 Å². The standard InChI is InChI=1S/C17H30NO3/c19-12-4-1-7-16-9-11-18(10-3-6-14-21)17(15-16)8-2-5-13-20/h9,11,15,19-21H,1-8,10,12-14H2/q+1. The Morgan fingerprint density at radius 2 is 1.38 bits per heavy atom. The number of hydrogen-bond donors (Lipinski definition) is 3. The second kappa shape index (κ2) is 11.7. The van der Waals surface area contributed by atoms with E-state index in [1.54, 1.807) is 0 Å². The molecule has 21 heavy (non-hydrogen) atoms. The molecule has 0 saturated carbocycles. The summed E-state index contributed by atoms with van der Waals surface area (Å²) in [6.07, 6.45) is 9.65. The van der Waals surface area contributed by atoms with Crippen LogP contribution in [0.25, 0.3) is 0 Å². The number of aromatic nitrogens is 1. The highest BCUT2D eigenvalue weighted by atomic mass is 16.3. The molecule has 0 unspecified atom stereocenters. The molecule has 0 spiro atoms. The molecule has 0 aliphatic heterocycles. The lowest BCUT2D eigenvalue weighted by atomic mass is 10.1. The van der Waals surface area contributed by atoms with Gasteiger partial charge in [0.15, 0.2) is 11.9 Å². The number of rotatable bonds is 12. The van der Waals surface area contributed by atoms with Crippen molar-refractivity contribution >= 4 is 0 Å². The van der Waals surface area contributed by atoms with Crippen molar-refractivity contribution < 1.29 is 19.9 Å². The Morgan fingerprint density at radius 1 is 0.762 bits per heavy atom. The Labute approximate surface area is 128 Å². The molecule has 3 N–H and O–H groups in total. The molecule has 4 heteroatoms. The number of hydrogen-bond acceptors (Lipinski definition) is 3. The quantitative estimate of drug-likeness (QED) is 0.403. The number of aliphatic hydroxyl groups excluding tert-OH is 3. The van der Waals surface area contributed by atoms with E-state index < -0.39 is 0 Å². The predicted octanol–water partition coefficient (Wildman–Crippen LogP) is 1.38. The van der Waals surface area contributed by atoms with E-state index in [1.807, 2.05) is 0 Å². The van der Waals surface area contributed by atoms with Gasteiger partial charge in [0.2, 0.25) is 0 Å². The third-order valence-corrected chi connectivity index (χ3v) is 3.71. The van der Waals surface area contributed by atoms with Gasteiger partial charge in [-0.25, -0.2) is 4.57 Å². The Bertz CT molecular complexity index is 382. The summed E-state index contributed by atoms with van der Waals surface area (Å²) in [7, 11) is 0. The molecule has 1 aromatic rings. The van der Waals surface area contributed by atoms with E-state index in [9.17, 15) is 0 Å². The summed E-state index contributed by atoms with van der Waals surface area (Å²) in [5.41, 5.74) is 2.63. The van der Waals surface area contributed by atoms with Crippen molar-refractivity contribution in [2.75, 3.05) is 19.8 Å². The number of aliphatic hydroxyl groups is 3. The predicted molar refractivity (Wildman–Crippen MR) is 83.0 cm³/mol. The van der Waals surface area contributed by atoms with Crippen LogP contribution in [-0.2, 0) is 19.4 Å². The van der Waals surface area contributed by atoms with Gasteiger partial charge in [-0.05, 0) is 44.1 Å². The average Bonchev–Trinajstić information content (AvgIpc) is 2.50. The van der Waals surface area contributed by atoms with Crippen molar-refractivity contribution in [2.45, 2.75) is 57.9 Å². The van der Waals surface area contributed by atoms with Crippen LogP contribution in [0.15, 0.2) is 18.3 Å². The van der Waals surface area contributed by atoms with Gasteiger partial charge in [-0.1, -0.05) is 0 Å². The molecule has 0 bridgehead atoms. The van der Waals surface area contributed by atoms with Crippen molar-refractivity contribution in [1.29, 1.82) is 0 Å². The summed E-state index contributed by atoms with van der Waals surface area (Å²) in [4.78, 5) is 0. The largest absolute Gasteiger partial charge is 0.396 e. The van der Waals surface area contributed by atoms with Crippen LogP contribution in [0.5, 0.6) is 0 Å². The highest BCUT2D eigenvalue weighted by Crippen LogP contribution is 2.08. The third-order valence-electron chi connectivity index (χ3n) is 3.71. The fourth-order valence-electron chi connectivity index (χ4n) is 2.47. The van der Waals surface area contributed by atoms with Crippen molar-refractivity contribution in [1.82, 2.24) is 0 Å². The molecular formula is C17H30NO3+. The first-order valence-electron chi connectivity index (χ1n) is 8.15. The van der Waals surface area contributed by atoms with E-state index in [0.717, 1.165) is 57.9 Å². The van der Waals surface area contributed by atoms with E-state index in [0.29, 0.717) is 0 Å². The normalized spacial score (nSPS) is 11.0. The van der Waals surface area contributed by atoms with Crippen LogP contribution in [0.2, 0.25) is 0 Å². The topological polar surface area (TPSA) is 64.6 Å². The Kier molecular flexibility index (Phi) is 10.0. The summed E-state index contributed by atoms with van der Waals surface area (Å²) in [5, 5.41) is 26.7. The Morgan fingerprint density at radius 3 is 2.05 bits per heavy atom. The Hall–Kier alpha value is -0.970. The number of pyridine rings is 1. The van der Waals surface area contributed by atoms with Gasteiger partial charge in [0.05, 0.1) is 0 Å². The van der Waals surface area contributed by atoms with E-state index in [1.165, 1.54) is 11.3 Å². The molecule has 0 aliphatic rings. The molecule has 1 aromatic heterocycles. The first-order chi connectivity index (χ1) is 10.3. The van der Waals surface area contributed by atoms with Crippen LogP contribution < -0.4 is 4.57 Å². The molecule has 0 fully saturated rings. The van der Waals surface area contributed by atoms with Crippen LogP contribution in [-0.4, -0.2) is 35.1 Å². The molecule has 0 aromatic carbocycles. The lowest BCUT2D eigenvalue weighted by molar-refractivity contribution is -0.704. The number of nitrogens with zero attached hydrogens (tertiary/aromatic N) is 1. The highest BCUT2D eigenvalue weighted by molar-refractivity contribution is 5.13. The maximum Gasteiger partial charge on any atom is 0.181 e. The zero-order chi connectivity index (χ0) is 15.3. The van der Waals surface area contributed by atoms with Crippen molar-refractivity contribution in [2.24, 2.45) is 0 Å². The van der Waals surface area contributed by atoms with Crippen LogP contribution >= 0.6 is 0 Å². The third kappa shape index (κ3) is 7.55. The van der Waals surface area contributed by atoms with E-state index >= 15 is 0 Å². The minimum Gasteiger partial charge on any atom is -0.396 e. The molecule has 1 heterocycles. The van der Waals surface area contributed by atoms with Crippen LogP contribution in [0.4, 0.5) is 0 Å². The molecule has 0 atom stereocenters. The molecule has 0 radical (unpaired) electrons. The van der Waals surface area contributed by atoms with Gasteiger partial charge >= 0.3 is 0 Å². The van der Waals surface area contributed by atoms with Crippen molar-refractivity contribution in [3.05, 3.63) is 29.6 Å². The first kappa shape index (κ1) is 18.1. The average molecular weight is 296 g/mol. The van der Waals surface area contributed by atoms with Gasteiger partial charge in [-0.2, -0.15) is 0 Å². The van der Waals surface area contributed by atoms with Gasteiger partial charge in [0.25, 0.3) is 0 Å². The van der Waals surface area contributed by atoms with Gasteiger partial charge in [-0.15, -0.1) is 0 Å². The van der Waals surface area contributed by atoms with E-state index in [2.05, 4.69) is 22.9 Å². The van der Waals surface area contributed by atoms with Crippen molar-refractivity contribution in [3.63, 3.8) is 0 Å². The lowest BCUT2D eigenvalue weighted by Crippen LogP contribution is -2.38. The Balaban J connectivity index is 2.65. The summed E-state index contributed by atoms with van der Waals surface area (Å²) < 4.78 is 2.27. The second-order valence-electron chi connectivity index (χ2n) is 5.51. The van der Waals surface area contributed by atoms with Crippen LogP contribution in [0.1, 0.15) is 49.8 Å². The maximum absolute atomic E-state index is 8.93. The van der Waals surface area contributed by atoms with E-state index in [-0.39, 0.29) is 19.8 Å². The maximum atomic E-state index is 8.93. The van der Waals surface area contributed by atoms with Crippen LogP contribution in [0.3, 0.4) is 0 Å². The molecule has 0 saturated heterocycles. The zero-order valence-corrected chi connectivity index (χ0v) is 13.0. The molecule has 4 nitrogen and oxygen atoms in total. The monoisotopic (exact) mass is 296 g/mol. The fourth-order valence-corrected chi connectivity index (χ4v) is 2.47. The summed E-state index contributed by atoms with van der Waals surface area (Å²) in [5.74, 6) is 0. The molecule has 120 valence electrons. The van der Waals surface area contributed by atoms with Gasteiger partial charge in [0, 0.05) is 44.8 Å². The minimum atomic E-state index is 0.250. The SMILES string of the molecule is OCCCCc1cc[n+](CCCCO)c(CCCCO)c1. The van der Waals surface area contributed by atoms with Gasteiger partial charge < -0.3 is 15.3 Å². The fraction of sp³-hybridized carbons (Fsp3) is 0.706. The summed E-state index contributed by atoms with van der Waals surface area (Å²) in [6.45, 7) is 1.70. The minimum absolute atomic E-state index is 0.250. The smallest absolute Gasteiger partial charge is 0.181 e. The first-order valence-corrected chi connectivity index (χ1v) is 8.15. The number of aryl methyl sites for hydroxylation is 3. The summed E-state index contributed by atoms with van der Waals surface area (Å²) >= 11 is 0. The zero-order valence-electron chi connectivity index (χ0n) is 13.0. The van der Waals surface area contributed by atoms with Gasteiger partial charge in [-0.3, -0.25) is 0 Å². The van der Waals surface area contributed by atoms with Gasteiger partial charge in [0.1, 0.15) is 6.54 Å². The molecule has 0 amide bonds.